The van der Waals surface area contributed by atoms with Crippen LogP contribution in [0.3, 0.4) is 0 Å². The molecule has 0 fully saturated rings. The van der Waals surface area contributed by atoms with Crippen LogP contribution in [0.1, 0.15) is 29.3 Å². The molecule has 0 saturated carbocycles. The summed E-state index contributed by atoms with van der Waals surface area (Å²) < 4.78 is 5.62. The molecule has 0 aromatic heterocycles. The number of hydrogen-bond donors (Lipinski definition) is 1. The number of hydrogen-bond acceptors (Lipinski definition) is 3. The molecule has 0 atom stereocenters. The lowest BCUT2D eigenvalue weighted by molar-refractivity contribution is 0.0955. The van der Waals surface area contributed by atoms with Crippen molar-refractivity contribution in [1.82, 2.24) is 5.43 Å². The summed E-state index contributed by atoms with van der Waals surface area (Å²) in [6, 6.07) is 14.3. The van der Waals surface area contributed by atoms with E-state index in [1.807, 2.05) is 31.2 Å². The number of carbonyl (C=O) groups is 1. The molecule has 0 saturated heterocycles. The number of hydrazone groups is 1. The highest BCUT2D eigenvalue weighted by molar-refractivity contribution is 6.33. The van der Waals surface area contributed by atoms with Gasteiger partial charge in [0.05, 0.1) is 23.4 Å². The van der Waals surface area contributed by atoms with Crippen molar-refractivity contribution in [2.45, 2.75) is 13.3 Å². The van der Waals surface area contributed by atoms with Gasteiger partial charge in [-0.2, -0.15) is 5.10 Å². The number of benzene rings is 2. The lowest BCUT2D eigenvalue weighted by Gasteiger charge is -2.07. The van der Waals surface area contributed by atoms with Crippen LogP contribution in [0.25, 0.3) is 0 Å². The number of ether oxygens (including phenoxy) is 1. The fourth-order valence-corrected chi connectivity index (χ4v) is 2.02. The molecule has 0 radical (unpaired) electrons. The maximum atomic E-state index is 12.0. The van der Waals surface area contributed by atoms with Gasteiger partial charge >= 0.3 is 0 Å². The van der Waals surface area contributed by atoms with E-state index >= 15 is 0 Å². The molecule has 0 aliphatic carbocycles. The van der Waals surface area contributed by atoms with E-state index in [9.17, 15) is 4.79 Å². The molecule has 114 valence electrons. The van der Waals surface area contributed by atoms with Crippen molar-refractivity contribution in [1.29, 1.82) is 0 Å². The minimum absolute atomic E-state index is 0.353. The summed E-state index contributed by atoms with van der Waals surface area (Å²) in [5.41, 5.74) is 3.65. The van der Waals surface area contributed by atoms with Gasteiger partial charge in [0, 0.05) is 5.56 Å². The molecule has 2 aromatic carbocycles. The first-order valence-electron chi connectivity index (χ1n) is 7.02. The minimum Gasteiger partial charge on any atom is -0.493 e. The number of carbonyl (C=O) groups excluding carboxylic acids is 1. The van der Waals surface area contributed by atoms with Crippen LogP contribution in [0.15, 0.2) is 53.6 Å². The molecule has 22 heavy (non-hydrogen) atoms. The van der Waals surface area contributed by atoms with Crippen LogP contribution >= 0.6 is 11.6 Å². The summed E-state index contributed by atoms with van der Waals surface area (Å²) in [5.74, 6) is 0.383. The van der Waals surface area contributed by atoms with Crippen LogP contribution in [0.2, 0.25) is 5.02 Å². The van der Waals surface area contributed by atoms with Crippen molar-refractivity contribution in [3.8, 4) is 5.75 Å². The number of rotatable bonds is 6. The fraction of sp³-hybridized carbons (Fsp3) is 0.176. The van der Waals surface area contributed by atoms with Crippen LogP contribution in [0, 0.1) is 0 Å². The highest BCUT2D eigenvalue weighted by Gasteiger charge is 2.08. The normalized spacial score (nSPS) is 10.6. The molecule has 1 N–H and O–H groups in total. The highest BCUT2D eigenvalue weighted by atomic mass is 35.5. The Morgan fingerprint density at radius 3 is 2.73 bits per heavy atom. The Kier molecular flexibility index (Phi) is 5.98. The average Bonchev–Trinajstić information content (AvgIpc) is 2.54. The standard InChI is InChI=1S/C17H17ClN2O2/c1-2-11-22-16-10-6-3-7-13(16)12-19-20-17(21)14-8-4-5-9-15(14)18/h3-10,12H,2,11H2,1H3,(H,20,21)/b19-12-. The van der Waals surface area contributed by atoms with Gasteiger partial charge in [0.1, 0.15) is 5.75 Å². The van der Waals surface area contributed by atoms with E-state index in [0.29, 0.717) is 17.2 Å². The third-order valence-corrected chi connectivity index (χ3v) is 3.20. The molecule has 2 aromatic rings. The minimum atomic E-state index is -0.353. The Bertz CT molecular complexity index is 671. The lowest BCUT2D eigenvalue weighted by atomic mass is 10.2. The van der Waals surface area contributed by atoms with Crippen LogP contribution in [0.4, 0.5) is 0 Å². The van der Waals surface area contributed by atoms with E-state index < -0.39 is 0 Å². The second-order valence-corrected chi connectivity index (χ2v) is 4.97. The molecule has 0 bridgehead atoms. The number of para-hydroxylation sites is 1. The first kappa shape index (κ1) is 16.0. The van der Waals surface area contributed by atoms with E-state index in [0.717, 1.165) is 17.7 Å². The van der Waals surface area contributed by atoms with Gasteiger partial charge in [0.2, 0.25) is 0 Å². The third kappa shape index (κ3) is 4.33. The second-order valence-electron chi connectivity index (χ2n) is 4.57. The van der Waals surface area contributed by atoms with Gasteiger partial charge in [-0.3, -0.25) is 4.79 Å². The van der Waals surface area contributed by atoms with Crippen molar-refractivity contribution in [2.75, 3.05) is 6.61 Å². The number of nitrogens with one attached hydrogen (secondary N) is 1. The van der Waals surface area contributed by atoms with E-state index in [2.05, 4.69) is 10.5 Å². The quantitative estimate of drug-likeness (QED) is 0.649. The van der Waals surface area contributed by atoms with E-state index in [4.69, 9.17) is 16.3 Å². The Balaban J connectivity index is 2.04. The van der Waals surface area contributed by atoms with Crippen LogP contribution in [0.5, 0.6) is 5.75 Å². The molecule has 0 heterocycles. The first-order valence-corrected chi connectivity index (χ1v) is 7.40. The topological polar surface area (TPSA) is 50.7 Å². The molecular weight excluding hydrogens is 300 g/mol. The maximum absolute atomic E-state index is 12.0. The molecule has 1 amide bonds. The van der Waals surface area contributed by atoms with Crippen molar-refractivity contribution in [2.24, 2.45) is 5.10 Å². The van der Waals surface area contributed by atoms with Gasteiger partial charge < -0.3 is 4.74 Å². The molecule has 2 rings (SSSR count). The smallest absolute Gasteiger partial charge is 0.272 e. The summed E-state index contributed by atoms with van der Waals surface area (Å²) in [6.45, 7) is 2.68. The van der Waals surface area contributed by atoms with Crippen LogP contribution in [-0.4, -0.2) is 18.7 Å². The molecule has 5 heteroatoms. The second kappa shape index (κ2) is 8.20. The lowest BCUT2D eigenvalue weighted by Crippen LogP contribution is -2.18. The predicted octanol–water partition coefficient (Wildman–Crippen LogP) is 3.89. The largest absolute Gasteiger partial charge is 0.493 e. The van der Waals surface area contributed by atoms with Crippen molar-refractivity contribution in [3.63, 3.8) is 0 Å². The zero-order chi connectivity index (χ0) is 15.8. The summed E-state index contributed by atoms with van der Waals surface area (Å²) in [6.07, 6.45) is 2.48. The van der Waals surface area contributed by atoms with Crippen LogP contribution in [-0.2, 0) is 0 Å². The summed E-state index contributed by atoms with van der Waals surface area (Å²) >= 11 is 5.96. The number of halogens is 1. The van der Waals surface area contributed by atoms with Gasteiger partial charge in [-0.15, -0.1) is 0 Å². The number of nitrogens with zero attached hydrogens (tertiary/aromatic N) is 1. The Labute approximate surface area is 134 Å². The number of amides is 1. The highest BCUT2D eigenvalue weighted by Crippen LogP contribution is 2.16. The Morgan fingerprint density at radius 1 is 1.23 bits per heavy atom. The fourth-order valence-electron chi connectivity index (χ4n) is 1.80. The van der Waals surface area contributed by atoms with E-state index in [1.165, 1.54) is 0 Å². The maximum Gasteiger partial charge on any atom is 0.272 e. The Hall–Kier alpha value is -2.33. The third-order valence-electron chi connectivity index (χ3n) is 2.87. The average molecular weight is 317 g/mol. The van der Waals surface area contributed by atoms with Crippen LogP contribution < -0.4 is 10.2 Å². The molecule has 0 aliphatic rings. The van der Waals surface area contributed by atoms with Gasteiger partial charge in [-0.1, -0.05) is 42.8 Å². The molecule has 0 spiro atoms. The Morgan fingerprint density at radius 2 is 1.95 bits per heavy atom. The van der Waals surface area contributed by atoms with Crippen molar-refractivity contribution >= 4 is 23.7 Å². The van der Waals surface area contributed by atoms with Crippen molar-refractivity contribution < 1.29 is 9.53 Å². The zero-order valence-corrected chi connectivity index (χ0v) is 13.0. The van der Waals surface area contributed by atoms with Gasteiger partial charge in [-0.25, -0.2) is 5.43 Å². The van der Waals surface area contributed by atoms with E-state index in [1.54, 1.807) is 30.5 Å². The predicted molar refractivity (Wildman–Crippen MR) is 88.7 cm³/mol. The summed E-state index contributed by atoms with van der Waals surface area (Å²) in [5, 5.41) is 4.36. The molecule has 0 unspecified atom stereocenters. The van der Waals surface area contributed by atoms with Crippen molar-refractivity contribution in [3.05, 3.63) is 64.7 Å². The van der Waals surface area contributed by atoms with Gasteiger partial charge in [0.25, 0.3) is 5.91 Å². The first-order chi connectivity index (χ1) is 10.7. The zero-order valence-electron chi connectivity index (χ0n) is 12.3. The van der Waals surface area contributed by atoms with Gasteiger partial charge in [0.15, 0.2) is 0 Å². The molecular formula is C17H17ClN2O2. The monoisotopic (exact) mass is 316 g/mol. The van der Waals surface area contributed by atoms with Gasteiger partial charge in [-0.05, 0) is 30.7 Å². The SMILES string of the molecule is CCCOc1ccccc1/C=N\NC(=O)c1ccccc1Cl. The van der Waals surface area contributed by atoms with E-state index in [-0.39, 0.29) is 5.91 Å². The summed E-state index contributed by atoms with van der Waals surface area (Å²) in [4.78, 5) is 12.0. The summed E-state index contributed by atoms with van der Waals surface area (Å²) in [7, 11) is 0. The molecule has 4 nitrogen and oxygen atoms in total. The molecule has 0 aliphatic heterocycles.